The number of hydrogen-bond donors (Lipinski definition) is 1. The van der Waals surface area contributed by atoms with Crippen LogP contribution in [0.1, 0.15) is 18.9 Å². The van der Waals surface area contributed by atoms with Gasteiger partial charge in [-0.15, -0.1) is 0 Å². The van der Waals surface area contributed by atoms with E-state index >= 15 is 0 Å². The normalized spacial score (nSPS) is 22.2. The number of nitrogen functional groups attached to an aromatic ring is 1. The van der Waals surface area contributed by atoms with Crippen LogP contribution in [0.4, 0.5) is 5.95 Å². The molecular weight excluding hydrogens is 270 g/mol. The van der Waals surface area contributed by atoms with Crippen molar-refractivity contribution in [2.45, 2.75) is 18.9 Å². The molecule has 2 unspecified atom stereocenters. The molecule has 0 saturated heterocycles. The lowest BCUT2D eigenvalue weighted by atomic mass is 9.79. The molecule has 2 N–H and O–H groups in total. The minimum Gasteiger partial charge on any atom is -0.469 e. The highest BCUT2D eigenvalue weighted by Gasteiger charge is 2.39. The number of imidazole rings is 1. The monoisotopic (exact) mass is 281 g/mol. The second-order valence-electron chi connectivity index (χ2n) is 4.47. The summed E-state index contributed by atoms with van der Waals surface area (Å²) in [5.41, 5.74) is 6.64. The Balaban J connectivity index is 2.04. The smallest absolute Gasteiger partial charge is 0.310 e. The zero-order valence-corrected chi connectivity index (χ0v) is 11.0. The van der Waals surface area contributed by atoms with E-state index < -0.39 is 0 Å². The molecule has 1 fully saturated rings. The van der Waals surface area contributed by atoms with Crippen molar-refractivity contribution < 1.29 is 9.53 Å². The van der Waals surface area contributed by atoms with Crippen molar-refractivity contribution in [1.82, 2.24) is 19.5 Å². The van der Waals surface area contributed by atoms with Crippen LogP contribution >= 0.6 is 11.6 Å². The average Bonchev–Trinajstić information content (AvgIpc) is 2.72. The SMILES string of the molecule is COC(=O)C1CCC1n1cnc2c(Cl)nc(N)nc21. The molecule has 1 aliphatic rings. The minimum absolute atomic E-state index is 0.0113. The second-order valence-corrected chi connectivity index (χ2v) is 4.83. The van der Waals surface area contributed by atoms with E-state index in [0.29, 0.717) is 11.2 Å². The van der Waals surface area contributed by atoms with E-state index in [1.54, 1.807) is 6.33 Å². The topological polar surface area (TPSA) is 95.9 Å². The van der Waals surface area contributed by atoms with Crippen LogP contribution in [0.25, 0.3) is 11.2 Å². The summed E-state index contributed by atoms with van der Waals surface area (Å²) < 4.78 is 6.61. The number of carbonyl (C=O) groups excluding carboxylic acids is 1. The maximum atomic E-state index is 11.6. The van der Waals surface area contributed by atoms with Crippen molar-refractivity contribution in [3.8, 4) is 0 Å². The van der Waals surface area contributed by atoms with Gasteiger partial charge in [0.05, 0.1) is 19.4 Å². The molecule has 3 rings (SSSR count). The molecular formula is C11H12ClN5O2. The van der Waals surface area contributed by atoms with Crippen molar-refractivity contribution in [2.24, 2.45) is 5.92 Å². The molecule has 2 aromatic heterocycles. The van der Waals surface area contributed by atoms with Crippen molar-refractivity contribution in [3.63, 3.8) is 0 Å². The predicted octanol–water partition coefficient (Wildman–Crippen LogP) is 1.19. The summed E-state index contributed by atoms with van der Waals surface area (Å²) in [6, 6.07) is -0.0113. The summed E-state index contributed by atoms with van der Waals surface area (Å²) in [4.78, 5) is 23.8. The molecule has 1 saturated carbocycles. The summed E-state index contributed by atoms with van der Waals surface area (Å²) >= 11 is 5.97. The van der Waals surface area contributed by atoms with Gasteiger partial charge in [-0.05, 0) is 12.8 Å². The summed E-state index contributed by atoms with van der Waals surface area (Å²) in [6.07, 6.45) is 3.28. The van der Waals surface area contributed by atoms with Crippen LogP contribution in [0.15, 0.2) is 6.33 Å². The lowest BCUT2D eigenvalue weighted by Crippen LogP contribution is -2.35. The van der Waals surface area contributed by atoms with Gasteiger partial charge in [0.15, 0.2) is 10.8 Å². The number of ether oxygens (including phenoxy) is 1. The van der Waals surface area contributed by atoms with Crippen molar-refractivity contribution in [3.05, 3.63) is 11.5 Å². The molecule has 0 aliphatic heterocycles. The van der Waals surface area contributed by atoms with Gasteiger partial charge in [-0.3, -0.25) is 4.79 Å². The molecule has 100 valence electrons. The lowest BCUT2D eigenvalue weighted by Gasteiger charge is -2.35. The van der Waals surface area contributed by atoms with Gasteiger partial charge in [-0.25, -0.2) is 4.98 Å². The Kier molecular flexibility index (Phi) is 2.78. The van der Waals surface area contributed by atoms with E-state index in [-0.39, 0.29) is 29.0 Å². The molecule has 0 bridgehead atoms. The Labute approximate surface area is 113 Å². The first-order valence-corrected chi connectivity index (χ1v) is 6.23. The molecule has 8 heteroatoms. The maximum Gasteiger partial charge on any atom is 0.310 e. The molecule has 7 nitrogen and oxygen atoms in total. The first kappa shape index (κ1) is 12.2. The lowest BCUT2D eigenvalue weighted by molar-refractivity contribution is -0.150. The number of hydrogen-bond acceptors (Lipinski definition) is 6. The van der Waals surface area contributed by atoms with Crippen LogP contribution in [-0.4, -0.2) is 32.6 Å². The first-order chi connectivity index (χ1) is 9.11. The quantitative estimate of drug-likeness (QED) is 0.656. The highest BCUT2D eigenvalue weighted by atomic mass is 35.5. The number of aromatic nitrogens is 4. The van der Waals surface area contributed by atoms with Gasteiger partial charge in [0, 0.05) is 6.04 Å². The van der Waals surface area contributed by atoms with E-state index in [9.17, 15) is 4.79 Å². The van der Waals surface area contributed by atoms with Crippen molar-refractivity contribution in [1.29, 1.82) is 0 Å². The number of carbonyl (C=O) groups is 1. The van der Waals surface area contributed by atoms with Crippen LogP contribution < -0.4 is 5.73 Å². The summed E-state index contributed by atoms with van der Waals surface area (Å²) in [7, 11) is 1.39. The van der Waals surface area contributed by atoms with Crippen LogP contribution in [-0.2, 0) is 9.53 Å². The second kappa shape index (κ2) is 4.34. The molecule has 19 heavy (non-hydrogen) atoms. The minimum atomic E-state index is -0.216. The standard InChI is InChI=1S/C11H12ClN5O2/c1-19-10(18)5-2-3-6(5)17-4-14-7-8(12)15-11(13)16-9(7)17/h4-6H,2-3H2,1H3,(H2,13,15,16). The Morgan fingerprint density at radius 1 is 1.53 bits per heavy atom. The van der Waals surface area contributed by atoms with Crippen LogP contribution in [0.5, 0.6) is 0 Å². The third kappa shape index (κ3) is 1.81. The fourth-order valence-corrected chi connectivity index (χ4v) is 2.60. The number of methoxy groups -OCH3 is 1. The molecule has 1 aliphatic carbocycles. The fourth-order valence-electron chi connectivity index (χ4n) is 2.38. The van der Waals surface area contributed by atoms with E-state index in [1.165, 1.54) is 7.11 Å². The van der Waals surface area contributed by atoms with Gasteiger partial charge in [0.25, 0.3) is 0 Å². The molecule has 2 atom stereocenters. The molecule has 0 radical (unpaired) electrons. The third-order valence-electron chi connectivity index (χ3n) is 3.50. The fraction of sp³-hybridized carbons (Fsp3) is 0.455. The van der Waals surface area contributed by atoms with E-state index in [0.717, 1.165) is 12.8 Å². The number of fused-ring (bicyclic) bond motifs is 1. The highest BCUT2D eigenvalue weighted by molar-refractivity contribution is 6.33. The molecule has 0 aromatic carbocycles. The van der Waals surface area contributed by atoms with Gasteiger partial charge in [0.2, 0.25) is 5.95 Å². The number of anilines is 1. The largest absolute Gasteiger partial charge is 0.469 e. The maximum absolute atomic E-state index is 11.6. The highest BCUT2D eigenvalue weighted by Crippen LogP contribution is 2.40. The van der Waals surface area contributed by atoms with Crippen LogP contribution in [0, 0.1) is 5.92 Å². The summed E-state index contributed by atoms with van der Waals surface area (Å²) in [5, 5.41) is 0.218. The number of rotatable bonds is 2. The predicted molar refractivity (Wildman–Crippen MR) is 68.5 cm³/mol. The number of nitrogens with zero attached hydrogens (tertiary/aromatic N) is 4. The van der Waals surface area contributed by atoms with E-state index in [4.69, 9.17) is 22.1 Å². The van der Waals surface area contributed by atoms with Gasteiger partial charge >= 0.3 is 5.97 Å². The van der Waals surface area contributed by atoms with Gasteiger partial charge < -0.3 is 15.0 Å². The van der Waals surface area contributed by atoms with Crippen LogP contribution in [0.2, 0.25) is 5.15 Å². The zero-order valence-electron chi connectivity index (χ0n) is 10.2. The van der Waals surface area contributed by atoms with E-state index in [1.807, 2.05) is 4.57 Å². The Hall–Kier alpha value is -1.89. The zero-order chi connectivity index (χ0) is 13.6. The molecule has 0 amide bonds. The Bertz CT molecular complexity index is 656. The van der Waals surface area contributed by atoms with Crippen molar-refractivity contribution in [2.75, 3.05) is 12.8 Å². The number of esters is 1. The van der Waals surface area contributed by atoms with Crippen molar-refractivity contribution >= 4 is 34.7 Å². The van der Waals surface area contributed by atoms with E-state index in [2.05, 4.69) is 15.0 Å². The van der Waals surface area contributed by atoms with Gasteiger partial charge in [-0.1, -0.05) is 11.6 Å². The van der Waals surface area contributed by atoms with Gasteiger partial charge in [-0.2, -0.15) is 9.97 Å². The first-order valence-electron chi connectivity index (χ1n) is 5.85. The third-order valence-corrected chi connectivity index (χ3v) is 3.76. The molecule has 2 heterocycles. The average molecular weight is 282 g/mol. The van der Waals surface area contributed by atoms with Gasteiger partial charge in [0.1, 0.15) is 5.52 Å². The summed E-state index contributed by atoms with van der Waals surface area (Å²) in [5.74, 6) is -0.295. The molecule has 0 spiro atoms. The Morgan fingerprint density at radius 3 is 2.95 bits per heavy atom. The Morgan fingerprint density at radius 2 is 2.32 bits per heavy atom. The number of halogens is 1. The molecule has 2 aromatic rings. The van der Waals surface area contributed by atoms with Crippen LogP contribution in [0.3, 0.4) is 0 Å². The summed E-state index contributed by atoms with van der Waals surface area (Å²) in [6.45, 7) is 0. The number of nitrogens with two attached hydrogens (primary N) is 1.